The Labute approximate surface area is 104 Å². The number of benzene rings is 1. The van der Waals surface area contributed by atoms with Crippen LogP contribution in [-0.4, -0.2) is 45.2 Å². The molecule has 1 aromatic rings. The first kappa shape index (κ1) is 12.4. The number of hydrogen-bond acceptors (Lipinski definition) is 3. The summed E-state index contributed by atoms with van der Waals surface area (Å²) in [6.07, 6.45) is 1.26. The topological polar surface area (TPSA) is 18.5 Å². The highest BCUT2D eigenvalue weighted by atomic mass is 15.1. The van der Waals surface area contributed by atoms with Crippen LogP contribution in [0.4, 0.5) is 5.69 Å². The van der Waals surface area contributed by atoms with Gasteiger partial charge in [0.2, 0.25) is 0 Å². The van der Waals surface area contributed by atoms with E-state index >= 15 is 0 Å². The minimum absolute atomic E-state index is 1.08. The molecule has 1 heterocycles. The Hall–Kier alpha value is -1.06. The highest BCUT2D eigenvalue weighted by Crippen LogP contribution is 2.14. The molecule has 0 spiro atoms. The van der Waals surface area contributed by atoms with E-state index in [9.17, 15) is 0 Å². The predicted octanol–water partition coefficient (Wildman–Crippen LogP) is 1.55. The second kappa shape index (κ2) is 6.03. The van der Waals surface area contributed by atoms with E-state index in [0.717, 1.165) is 26.2 Å². The van der Waals surface area contributed by atoms with Crippen LogP contribution >= 0.6 is 0 Å². The molecule has 3 nitrogen and oxygen atoms in total. The number of hydrogen-bond donors (Lipinski definition) is 1. The molecule has 0 saturated carbocycles. The van der Waals surface area contributed by atoms with Crippen LogP contribution in [0.1, 0.15) is 12.0 Å². The van der Waals surface area contributed by atoms with Crippen molar-refractivity contribution >= 4 is 5.69 Å². The van der Waals surface area contributed by atoms with Gasteiger partial charge in [-0.1, -0.05) is 12.1 Å². The zero-order valence-electron chi connectivity index (χ0n) is 10.9. The first-order valence-corrected chi connectivity index (χ1v) is 6.45. The smallest absolute Gasteiger partial charge is 0.0361 e. The van der Waals surface area contributed by atoms with Crippen molar-refractivity contribution in [3.63, 3.8) is 0 Å². The largest absolute Gasteiger partial charge is 0.378 e. The van der Waals surface area contributed by atoms with E-state index in [-0.39, 0.29) is 0 Å². The molecule has 1 aromatic carbocycles. The molecule has 0 aliphatic carbocycles. The summed E-state index contributed by atoms with van der Waals surface area (Å²) in [5.41, 5.74) is 2.68. The molecule has 1 aliphatic heterocycles. The standard InChI is InChI=1S/C14H23N3/c1-16(2)14-6-4-13(5-7-14)12-17-10-3-8-15-9-11-17/h4-7,15H,3,8-12H2,1-2H3. The lowest BCUT2D eigenvalue weighted by Gasteiger charge is -2.20. The van der Waals surface area contributed by atoms with Crippen LogP contribution in [0.3, 0.4) is 0 Å². The van der Waals surface area contributed by atoms with Gasteiger partial charge in [-0.25, -0.2) is 0 Å². The zero-order chi connectivity index (χ0) is 12.1. The van der Waals surface area contributed by atoms with Gasteiger partial charge in [0, 0.05) is 39.4 Å². The third kappa shape index (κ3) is 3.72. The van der Waals surface area contributed by atoms with Gasteiger partial charge in [-0.3, -0.25) is 4.90 Å². The Morgan fingerprint density at radius 2 is 1.88 bits per heavy atom. The van der Waals surface area contributed by atoms with Crippen molar-refractivity contribution < 1.29 is 0 Å². The molecule has 2 rings (SSSR count). The lowest BCUT2D eigenvalue weighted by atomic mass is 10.2. The maximum atomic E-state index is 3.44. The minimum atomic E-state index is 1.08. The molecular weight excluding hydrogens is 210 g/mol. The zero-order valence-corrected chi connectivity index (χ0v) is 10.9. The maximum Gasteiger partial charge on any atom is 0.0361 e. The van der Waals surface area contributed by atoms with Crippen molar-refractivity contribution in [1.82, 2.24) is 10.2 Å². The summed E-state index contributed by atoms with van der Waals surface area (Å²) in [5, 5.41) is 3.44. The number of anilines is 1. The van der Waals surface area contributed by atoms with Gasteiger partial charge < -0.3 is 10.2 Å². The van der Waals surface area contributed by atoms with Crippen molar-refractivity contribution in [3.05, 3.63) is 29.8 Å². The van der Waals surface area contributed by atoms with Crippen LogP contribution in [-0.2, 0) is 6.54 Å². The fourth-order valence-corrected chi connectivity index (χ4v) is 2.22. The Kier molecular flexibility index (Phi) is 4.40. The Balaban J connectivity index is 1.93. The van der Waals surface area contributed by atoms with E-state index in [1.165, 1.54) is 24.2 Å². The Bertz CT molecular complexity index is 324. The van der Waals surface area contributed by atoms with E-state index in [1.807, 2.05) is 0 Å². The normalized spacial score (nSPS) is 17.8. The SMILES string of the molecule is CN(C)c1ccc(CN2CCCNCC2)cc1. The minimum Gasteiger partial charge on any atom is -0.378 e. The summed E-state index contributed by atoms with van der Waals surface area (Å²) < 4.78 is 0. The third-order valence-electron chi connectivity index (χ3n) is 3.29. The van der Waals surface area contributed by atoms with Crippen LogP contribution in [0.25, 0.3) is 0 Å². The molecule has 1 fully saturated rings. The molecule has 3 heteroatoms. The number of nitrogens with zero attached hydrogens (tertiary/aromatic N) is 2. The van der Waals surface area contributed by atoms with E-state index in [4.69, 9.17) is 0 Å². The van der Waals surface area contributed by atoms with E-state index in [1.54, 1.807) is 0 Å². The van der Waals surface area contributed by atoms with Crippen molar-refractivity contribution in [2.45, 2.75) is 13.0 Å². The Morgan fingerprint density at radius 1 is 1.12 bits per heavy atom. The first-order chi connectivity index (χ1) is 8.25. The third-order valence-corrected chi connectivity index (χ3v) is 3.29. The van der Waals surface area contributed by atoms with Crippen LogP contribution < -0.4 is 10.2 Å². The molecule has 1 saturated heterocycles. The molecule has 0 aromatic heterocycles. The molecule has 0 bridgehead atoms. The lowest BCUT2D eigenvalue weighted by molar-refractivity contribution is 0.284. The molecule has 1 N–H and O–H groups in total. The van der Waals surface area contributed by atoms with Crippen molar-refractivity contribution in [1.29, 1.82) is 0 Å². The quantitative estimate of drug-likeness (QED) is 0.854. The molecule has 1 aliphatic rings. The van der Waals surface area contributed by atoms with E-state index < -0.39 is 0 Å². The fourth-order valence-electron chi connectivity index (χ4n) is 2.22. The second-order valence-electron chi connectivity index (χ2n) is 4.94. The molecule has 0 radical (unpaired) electrons. The van der Waals surface area contributed by atoms with Gasteiger partial charge in [-0.2, -0.15) is 0 Å². The van der Waals surface area contributed by atoms with Gasteiger partial charge in [0.15, 0.2) is 0 Å². The summed E-state index contributed by atoms with van der Waals surface area (Å²) in [6, 6.07) is 8.89. The molecule has 0 unspecified atom stereocenters. The number of nitrogens with one attached hydrogen (secondary N) is 1. The number of rotatable bonds is 3. The van der Waals surface area contributed by atoms with Crippen LogP contribution in [0, 0.1) is 0 Å². The monoisotopic (exact) mass is 233 g/mol. The van der Waals surface area contributed by atoms with Gasteiger partial charge in [0.25, 0.3) is 0 Å². The van der Waals surface area contributed by atoms with Crippen LogP contribution in [0.15, 0.2) is 24.3 Å². The second-order valence-corrected chi connectivity index (χ2v) is 4.94. The fraction of sp³-hybridized carbons (Fsp3) is 0.571. The summed E-state index contributed by atoms with van der Waals surface area (Å²) in [7, 11) is 4.16. The van der Waals surface area contributed by atoms with Gasteiger partial charge in [-0.05, 0) is 37.2 Å². The molecule has 17 heavy (non-hydrogen) atoms. The summed E-state index contributed by atoms with van der Waals surface area (Å²) in [4.78, 5) is 4.67. The highest BCUT2D eigenvalue weighted by molar-refractivity contribution is 5.45. The average Bonchev–Trinajstić information content (AvgIpc) is 2.58. The summed E-state index contributed by atoms with van der Waals surface area (Å²) >= 11 is 0. The maximum absolute atomic E-state index is 3.44. The molecule has 94 valence electrons. The van der Waals surface area contributed by atoms with Crippen molar-refractivity contribution in [2.24, 2.45) is 0 Å². The van der Waals surface area contributed by atoms with Crippen molar-refractivity contribution in [3.8, 4) is 0 Å². The first-order valence-electron chi connectivity index (χ1n) is 6.45. The summed E-state index contributed by atoms with van der Waals surface area (Å²) in [5.74, 6) is 0. The molecule has 0 atom stereocenters. The molecular formula is C14H23N3. The highest BCUT2D eigenvalue weighted by Gasteiger charge is 2.08. The van der Waals surface area contributed by atoms with Crippen molar-refractivity contribution in [2.75, 3.05) is 45.2 Å². The molecule has 0 amide bonds. The van der Waals surface area contributed by atoms with E-state index in [0.29, 0.717) is 0 Å². The van der Waals surface area contributed by atoms with Gasteiger partial charge >= 0.3 is 0 Å². The van der Waals surface area contributed by atoms with Crippen LogP contribution in [0.2, 0.25) is 0 Å². The predicted molar refractivity (Wildman–Crippen MR) is 73.5 cm³/mol. The lowest BCUT2D eigenvalue weighted by Crippen LogP contribution is -2.27. The van der Waals surface area contributed by atoms with Crippen LogP contribution in [0.5, 0.6) is 0 Å². The Morgan fingerprint density at radius 3 is 2.59 bits per heavy atom. The van der Waals surface area contributed by atoms with E-state index in [2.05, 4.69) is 53.5 Å². The summed E-state index contributed by atoms with van der Waals surface area (Å²) in [6.45, 7) is 5.74. The van der Waals surface area contributed by atoms with Gasteiger partial charge in [0.05, 0.1) is 0 Å². The average molecular weight is 233 g/mol. The van der Waals surface area contributed by atoms with Gasteiger partial charge in [-0.15, -0.1) is 0 Å². The van der Waals surface area contributed by atoms with Gasteiger partial charge in [0.1, 0.15) is 0 Å².